The molecule has 0 aliphatic rings. The molecule has 0 aliphatic heterocycles. The van der Waals surface area contributed by atoms with E-state index in [1.807, 2.05) is 49.4 Å². The van der Waals surface area contributed by atoms with Gasteiger partial charge in [0, 0.05) is 55.8 Å². The second-order valence-electron chi connectivity index (χ2n) is 13.5. The minimum atomic E-state index is -1.03. The SMILES string of the molecule is Cc1c(COc2cc(OCc3cncc(C#N)c3)c(CN[C@@H](CCCNC(=N)N)C(=O)O)cc2Cl)cccc1-c1cccc(CNC(CCCNC(=N)N)C(=O)O)c1. The number of carboxylic acid groups (broad SMARTS) is 2. The van der Waals surface area contributed by atoms with Crippen LogP contribution in [0.15, 0.2) is 73.1 Å². The Kier molecular flexibility index (Phi) is 17.1. The summed E-state index contributed by atoms with van der Waals surface area (Å²) in [5, 5.41) is 55.3. The Hall–Kier alpha value is -6.41. The average Bonchev–Trinajstić information content (AvgIpc) is 3.19. The van der Waals surface area contributed by atoms with Gasteiger partial charge < -0.3 is 52.4 Å². The third-order valence-electron chi connectivity index (χ3n) is 9.16. The van der Waals surface area contributed by atoms with E-state index >= 15 is 0 Å². The van der Waals surface area contributed by atoms with Crippen LogP contribution in [0, 0.1) is 29.1 Å². The van der Waals surface area contributed by atoms with Gasteiger partial charge in [0.2, 0.25) is 0 Å². The molecule has 1 heterocycles. The Balaban J connectivity index is 1.50. The molecule has 2 atom stereocenters. The highest BCUT2D eigenvalue weighted by atomic mass is 35.5. The summed E-state index contributed by atoms with van der Waals surface area (Å²) >= 11 is 6.77. The predicted molar refractivity (Wildman–Crippen MR) is 221 cm³/mol. The van der Waals surface area contributed by atoms with Crippen molar-refractivity contribution in [1.29, 1.82) is 16.1 Å². The second-order valence-corrected chi connectivity index (χ2v) is 13.9. The number of guanidine groups is 2. The number of nitrogens with one attached hydrogen (secondary N) is 6. The summed E-state index contributed by atoms with van der Waals surface area (Å²) in [6.07, 6.45) is 4.68. The van der Waals surface area contributed by atoms with Gasteiger partial charge in [0.05, 0.1) is 10.6 Å². The van der Waals surface area contributed by atoms with Crippen LogP contribution in [-0.2, 0) is 35.9 Å². The lowest BCUT2D eigenvalue weighted by Gasteiger charge is -2.19. The molecule has 0 radical (unpaired) electrons. The van der Waals surface area contributed by atoms with Gasteiger partial charge in [0.25, 0.3) is 0 Å². The first-order valence-corrected chi connectivity index (χ1v) is 18.9. The van der Waals surface area contributed by atoms with Gasteiger partial charge in [-0.2, -0.15) is 5.26 Å². The maximum atomic E-state index is 12.0. The van der Waals surface area contributed by atoms with Crippen molar-refractivity contribution in [2.75, 3.05) is 13.1 Å². The van der Waals surface area contributed by atoms with Gasteiger partial charge in [0.1, 0.15) is 42.9 Å². The fraction of sp³-hybridized carbons (Fsp3) is 0.317. The molecule has 0 saturated heterocycles. The Morgan fingerprint density at radius 3 is 2.10 bits per heavy atom. The normalized spacial score (nSPS) is 11.8. The summed E-state index contributed by atoms with van der Waals surface area (Å²) < 4.78 is 12.5. The van der Waals surface area contributed by atoms with Crippen molar-refractivity contribution in [3.8, 4) is 28.7 Å². The number of carboxylic acids is 2. The largest absolute Gasteiger partial charge is 0.488 e. The van der Waals surface area contributed by atoms with Crippen molar-refractivity contribution in [3.63, 3.8) is 0 Å². The third kappa shape index (κ3) is 14.0. The van der Waals surface area contributed by atoms with E-state index in [2.05, 4.69) is 32.3 Å². The molecule has 0 bridgehead atoms. The van der Waals surface area contributed by atoms with E-state index in [9.17, 15) is 25.1 Å². The molecule has 0 aliphatic carbocycles. The maximum absolute atomic E-state index is 12.0. The van der Waals surface area contributed by atoms with E-state index in [4.69, 9.17) is 43.4 Å². The van der Waals surface area contributed by atoms with Gasteiger partial charge in [-0.1, -0.05) is 48.0 Å². The summed E-state index contributed by atoms with van der Waals surface area (Å²) in [5.74, 6) is -1.58. The first kappa shape index (κ1) is 44.3. The number of benzene rings is 3. The minimum Gasteiger partial charge on any atom is -0.488 e. The quantitative estimate of drug-likeness (QED) is 0.0283. The van der Waals surface area contributed by atoms with Crippen LogP contribution in [0.4, 0.5) is 0 Å². The van der Waals surface area contributed by atoms with E-state index in [0.29, 0.717) is 72.1 Å². The molecule has 3 aromatic carbocycles. The zero-order chi connectivity index (χ0) is 42.0. The molecule has 0 amide bonds. The second kappa shape index (κ2) is 22.4. The first-order valence-electron chi connectivity index (χ1n) is 18.5. The topological polar surface area (TPSA) is 278 Å². The van der Waals surface area contributed by atoms with Crippen molar-refractivity contribution in [3.05, 3.63) is 111 Å². The molecule has 0 saturated carbocycles. The number of hydrogen-bond acceptors (Lipinski definition) is 10. The average molecular weight is 813 g/mol. The van der Waals surface area contributed by atoms with Gasteiger partial charge in [-0.15, -0.1) is 0 Å². The van der Waals surface area contributed by atoms with E-state index in [1.165, 1.54) is 6.20 Å². The van der Waals surface area contributed by atoms with Crippen LogP contribution in [0.25, 0.3) is 11.1 Å². The molecular formula is C41H49ClN10O6. The number of pyridine rings is 1. The van der Waals surface area contributed by atoms with Gasteiger partial charge >= 0.3 is 11.9 Å². The molecule has 1 unspecified atom stereocenters. The molecule has 12 N–H and O–H groups in total. The van der Waals surface area contributed by atoms with E-state index in [0.717, 1.165) is 27.8 Å². The van der Waals surface area contributed by atoms with Crippen LogP contribution in [0.2, 0.25) is 5.02 Å². The van der Waals surface area contributed by atoms with Gasteiger partial charge in [-0.05, 0) is 78.6 Å². The minimum absolute atomic E-state index is 0.0704. The number of aliphatic carboxylic acids is 2. The van der Waals surface area contributed by atoms with Crippen LogP contribution in [0.5, 0.6) is 11.5 Å². The highest BCUT2D eigenvalue weighted by Gasteiger charge is 2.20. The number of carbonyl (C=O) groups is 2. The van der Waals surface area contributed by atoms with Gasteiger partial charge in [-0.25, -0.2) is 0 Å². The molecule has 4 rings (SSSR count). The molecule has 17 heteroatoms. The van der Waals surface area contributed by atoms with Crippen LogP contribution in [-0.4, -0.2) is 64.2 Å². The molecule has 0 spiro atoms. The van der Waals surface area contributed by atoms with E-state index in [1.54, 1.807) is 24.4 Å². The van der Waals surface area contributed by atoms with Crippen molar-refractivity contribution >= 4 is 35.5 Å². The molecule has 306 valence electrons. The predicted octanol–water partition coefficient (Wildman–Crippen LogP) is 4.35. The lowest BCUT2D eigenvalue weighted by atomic mass is 9.95. The zero-order valence-corrected chi connectivity index (χ0v) is 32.9. The standard InChI is InChI=1S/C41H49ClN10O6/c1-25-30(8-3-9-32(25)29-7-2-6-26(15-29)21-51-34(38(53)54)10-4-12-49-40(44)45)24-58-37-17-36(57-23-28-14-27(18-43)19-48-20-28)31(16-33(37)42)22-52-35(39(55)56)11-5-13-50-41(46)47/h2-3,6-9,14-17,19-20,34-35,51-52H,4-5,10-13,21-24H2,1H3,(H,53,54)(H,55,56)(H4,44,45,49)(H4,46,47,50)/t34?,35-/m0/s1. The first-order chi connectivity index (χ1) is 27.8. The van der Waals surface area contributed by atoms with Gasteiger partial charge in [0.15, 0.2) is 11.9 Å². The summed E-state index contributed by atoms with van der Waals surface area (Å²) in [4.78, 5) is 28.0. The smallest absolute Gasteiger partial charge is 0.320 e. The van der Waals surface area contributed by atoms with Crippen molar-refractivity contribution in [2.45, 2.75) is 71.0 Å². The lowest BCUT2D eigenvalue weighted by Crippen LogP contribution is -2.37. The molecular weight excluding hydrogens is 764 g/mol. The lowest BCUT2D eigenvalue weighted by molar-refractivity contribution is -0.140. The molecule has 58 heavy (non-hydrogen) atoms. The highest BCUT2D eigenvalue weighted by molar-refractivity contribution is 6.32. The van der Waals surface area contributed by atoms with Crippen molar-refractivity contribution < 1.29 is 29.3 Å². The summed E-state index contributed by atoms with van der Waals surface area (Å²) in [5.41, 5.74) is 17.0. The number of nitrogens with two attached hydrogens (primary N) is 2. The van der Waals surface area contributed by atoms with E-state index < -0.39 is 24.0 Å². The molecule has 16 nitrogen and oxygen atoms in total. The fourth-order valence-corrected chi connectivity index (χ4v) is 6.30. The fourth-order valence-electron chi connectivity index (χ4n) is 6.06. The van der Waals surface area contributed by atoms with Gasteiger partial charge in [-0.3, -0.25) is 25.4 Å². The van der Waals surface area contributed by atoms with Crippen molar-refractivity contribution in [1.82, 2.24) is 26.3 Å². The van der Waals surface area contributed by atoms with E-state index in [-0.39, 0.29) is 38.1 Å². The molecule has 0 fully saturated rings. The van der Waals surface area contributed by atoms with Crippen LogP contribution >= 0.6 is 11.6 Å². The molecule has 4 aromatic rings. The number of ether oxygens (including phenoxy) is 2. The van der Waals surface area contributed by atoms with Crippen LogP contribution < -0.4 is 42.2 Å². The number of aromatic nitrogens is 1. The number of nitriles is 1. The van der Waals surface area contributed by atoms with Crippen molar-refractivity contribution in [2.24, 2.45) is 11.5 Å². The van der Waals surface area contributed by atoms with Crippen LogP contribution in [0.3, 0.4) is 0 Å². The monoisotopic (exact) mass is 812 g/mol. The Bertz CT molecular complexity index is 2110. The Morgan fingerprint density at radius 1 is 0.828 bits per heavy atom. The number of nitrogens with zero attached hydrogens (tertiary/aromatic N) is 2. The summed E-state index contributed by atoms with van der Waals surface area (Å²) in [6.45, 7) is 3.45. The third-order valence-corrected chi connectivity index (χ3v) is 9.45. The Labute approximate surface area is 341 Å². The number of halogens is 1. The van der Waals surface area contributed by atoms with Crippen LogP contribution in [0.1, 0.15) is 59.1 Å². The summed E-state index contributed by atoms with van der Waals surface area (Å²) in [7, 11) is 0. The molecule has 1 aromatic heterocycles. The number of rotatable bonds is 23. The maximum Gasteiger partial charge on any atom is 0.320 e. The highest BCUT2D eigenvalue weighted by Crippen LogP contribution is 2.35. The Morgan fingerprint density at radius 2 is 1.47 bits per heavy atom. The zero-order valence-electron chi connectivity index (χ0n) is 32.1. The number of hydrogen-bond donors (Lipinski definition) is 10. The summed E-state index contributed by atoms with van der Waals surface area (Å²) in [6, 6.07) is 19.2.